The average Bonchev–Trinajstić information content (AvgIpc) is 2.91. The summed E-state index contributed by atoms with van der Waals surface area (Å²) in [6, 6.07) is 5.53. The molecule has 2 rings (SSSR count). The van der Waals surface area contributed by atoms with Crippen LogP contribution in [0.3, 0.4) is 0 Å². The molecule has 0 aliphatic heterocycles. The van der Waals surface area contributed by atoms with Crippen molar-refractivity contribution in [3.05, 3.63) is 46.3 Å². The van der Waals surface area contributed by atoms with Crippen LogP contribution in [0.4, 0.5) is 0 Å². The van der Waals surface area contributed by atoms with E-state index in [0.29, 0.717) is 11.5 Å². The van der Waals surface area contributed by atoms with E-state index < -0.39 is 0 Å². The first-order chi connectivity index (χ1) is 8.67. The van der Waals surface area contributed by atoms with Gasteiger partial charge in [-0.25, -0.2) is 0 Å². The van der Waals surface area contributed by atoms with Crippen LogP contribution in [0.25, 0.3) is 0 Å². The highest BCUT2D eigenvalue weighted by Gasteiger charge is 2.18. The molecule has 0 bridgehead atoms. The number of furan rings is 1. The minimum Gasteiger partial charge on any atom is -0.493 e. The van der Waals surface area contributed by atoms with Crippen LogP contribution in [-0.2, 0) is 0 Å². The number of methoxy groups -OCH3 is 2. The molecule has 1 atom stereocenters. The molecule has 0 fully saturated rings. The third-order valence-corrected chi connectivity index (χ3v) is 3.79. The maximum atomic E-state index is 6.42. The minimum absolute atomic E-state index is 0.307. The smallest absolute Gasteiger partial charge is 0.161 e. The fourth-order valence-electron chi connectivity index (χ4n) is 1.66. The summed E-state index contributed by atoms with van der Waals surface area (Å²) in [5, 5.41) is -0.307. The predicted octanol–water partition coefficient (Wildman–Crippen LogP) is 4.39. The molecule has 0 N–H and O–H groups in total. The highest BCUT2D eigenvalue weighted by Crippen LogP contribution is 2.40. The van der Waals surface area contributed by atoms with Gasteiger partial charge in [-0.3, -0.25) is 0 Å². The summed E-state index contributed by atoms with van der Waals surface area (Å²) in [4.78, 5) is 0. The van der Waals surface area contributed by atoms with E-state index in [0.717, 1.165) is 15.6 Å². The van der Waals surface area contributed by atoms with Gasteiger partial charge < -0.3 is 13.9 Å². The molecule has 0 radical (unpaired) electrons. The zero-order valence-corrected chi connectivity index (χ0v) is 12.3. The quantitative estimate of drug-likeness (QED) is 0.779. The number of halogens is 2. The van der Waals surface area contributed by atoms with E-state index in [1.807, 2.05) is 18.2 Å². The molecule has 1 aromatic heterocycles. The summed E-state index contributed by atoms with van der Waals surface area (Å²) < 4.78 is 16.4. The van der Waals surface area contributed by atoms with Gasteiger partial charge in [0.15, 0.2) is 11.5 Å². The Bertz CT molecular complexity index is 525. The standard InChI is InChI=1S/C13H12BrClO3/c1-16-11-5-9(10(14)6-12(11)17-2)13(15)8-3-4-18-7-8/h3-7,13H,1-2H3. The summed E-state index contributed by atoms with van der Waals surface area (Å²) >= 11 is 9.90. The Morgan fingerprint density at radius 2 is 1.89 bits per heavy atom. The molecule has 18 heavy (non-hydrogen) atoms. The molecule has 0 amide bonds. The van der Waals surface area contributed by atoms with Crippen LogP contribution in [0, 0.1) is 0 Å². The van der Waals surface area contributed by atoms with Crippen LogP contribution in [0.2, 0.25) is 0 Å². The highest BCUT2D eigenvalue weighted by molar-refractivity contribution is 9.10. The average molecular weight is 332 g/mol. The van der Waals surface area contributed by atoms with Crippen molar-refractivity contribution >= 4 is 27.5 Å². The highest BCUT2D eigenvalue weighted by atomic mass is 79.9. The maximum Gasteiger partial charge on any atom is 0.161 e. The van der Waals surface area contributed by atoms with Gasteiger partial charge in [-0.2, -0.15) is 0 Å². The molecule has 0 saturated heterocycles. The summed E-state index contributed by atoms with van der Waals surface area (Å²) in [6.07, 6.45) is 3.22. The molecule has 2 aromatic rings. The zero-order valence-electron chi connectivity index (χ0n) is 9.94. The molecular formula is C13H12BrClO3. The second-order valence-corrected chi connectivity index (χ2v) is 4.94. The van der Waals surface area contributed by atoms with Crippen molar-refractivity contribution < 1.29 is 13.9 Å². The lowest BCUT2D eigenvalue weighted by Gasteiger charge is -2.14. The lowest BCUT2D eigenvalue weighted by Crippen LogP contribution is -1.97. The topological polar surface area (TPSA) is 31.6 Å². The van der Waals surface area contributed by atoms with E-state index in [1.165, 1.54) is 0 Å². The zero-order chi connectivity index (χ0) is 13.1. The number of hydrogen-bond donors (Lipinski definition) is 0. The van der Waals surface area contributed by atoms with Crippen LogP contribution in [0.1, 0.15) is 16.5 Å². The first-order valence-electron chi connectivity index (χ1n) is 5.25. The van der Waals surface area contributed by atoms with Crippen molar-refractivity contribution in [2.75, 3.05) is 14.2 Å². The molecular weight excluding hydrogens is 319 g/mol. The molecule has 5 heteroatoms. The molecule has 0 spiro atoms. The molecule has 1 unspecified atom stereocenters. The van der Waals surface area contributed by atoms with Gasteiger partial charge in [0.1, 0.15) is 0 Å². The van der Waals surface area contributed by atoms with Gasteiger partial charge in [-0.1, -0.05) is 15.9 Å². The number of rotatable bonds is 4. The third kappa shape index (κ3) is 2.49. The van der Waals surface area contributed by atoms with Gasteiger partial charge >= 0.3 is 0 Å². The Morgan fingerprint density at radius 3 is 2.44 bits per heavy atom. The lowest BCUT2D eigenvalue weighted by atomic mass is 10.1. The molecule has 1 heterocycles. The molecule has 1 aromatic carbocycles. The number of alkyl halides is 1. The largest absolute Gasteiger partial charge is 0.493 e. The molecule has 0 aliphatic carbocycles. The van der Waals surface area contributed by atoms with Crippen LogP contribution in [0.15, 0.2) is 39.6 Å². The Kier molecular flexibility index (Phi) is 4.19. The van der Waals surface area contributed by atoms with Crippen molar-refractivity contribution in [1.82, 2.24) is 0 Å². The van der Waals surface area contributed by atoms with Crippen LogP contribution < -0.4 is 9.47 Å². The summed E-state index contributed by atoms with van der Waals surface area (Å²) in [7, 11) is 3.19. The number of benzene rings is 1. The predicted molar refractivity (Wildman–Crippen MR) is 73.7 cm³/mol. The summed E-state index contributed by atoms with van der Waals surface area (Å²) in [6.45, 7) is 0. The Balaban J connectivity index is 2.45. The maximum absolute atomic E-state index is 6.42. The monoisotopic (exact) mass is 330 g/mol. The van der Waals surface area contributed by atoms with Gasteiger partial charge in [-0.05, 0) is 23.8 Å². The second kappa shape index (κ2) is 5.67. The fraction of sp³-hybridized carbons (Fsp3) is 0.231. The number of ether oxygens (including phenoxy) is 2. The van der Waals surface area contributed by atoms with E-state index >= 15 is 0 Å². The van der Waals surface area contributed by atoms with E-state index in [1.54, 1.807) is 26.7 Å². The van der Waals surface area contributed by atoms with Crippen molar-refractivity contribution in [1.29, 1.82) is 0 Å². The SMILES string of the molecule is COc1cc(Br)c(C(Cl)c2ccoc2)cc1OC. The Morgan fingerprint density at radius 1 is 1.22 bits per heavy atom. The van der Waals surface area contributed by atoms with E-state index in [2.05, 4.69) is 15.9 Å². The molecule has 0 saturated carbocycles. The van der Waals surface area contributed by atoms with Crippen molar-refractivity contribution in [2.45, 2.75) is 5.38 Å². The summed E-state index contributed by atoms with van der Waals surface area (Å²) in [5.41, 5.74) is 1.79. The van der Waals surface area contributed by atoms with Gasteiger partial charge in [-0.15, -0.1) is 11.6 Å². The molecule has 96 valence electrons. The normalized spacial score (nSPS) is 12.2. The second-order valence-electron chi connectivity index (χ2n) is 3.65. The van der Waals surface area contributed by atoms with Gasteiger partial charge in [0.25, 0.3) is 0 Å². The minimum atomic E-state index is -0.307. The van der Waals surface area contributed by atoms with Crippen molar-refractivity contribution in [3.8, 4) is 11.5 Å². The molecule has 3 nitrogen and oxygen atoms in total. The van der Waals surface area contributed by atoms with Gasteiger partial charge in [0, 0.05) is 10.0 Å². The lowest BCUT2D eigenvalue weighted by molar-refractivity contribution is 0.354. The number of hydrogen-bond acceptors (Lipinski definition) is 3. The van der Waals surface area contributed by atoms with Crippen LogP contribution in [-0.4, -0.2) is 14.2 Å². The van der Waals surface area contributed by atoms with Crippen molar-refractivity contribution in [2.24, 2.45) is 0 Å². The fourth-order valence-corrected chi connectivity index (χ4v) is 2.65. The molecule has 0 aliphatic rings. The van der Waals surface area contributed by atoms with E-state index in [9.17, 15) is 0 Å². The first kappa shape index (κ1) is 13.3. The summed E-state index contributed by atoms with van der Waals surface area (Å²) in [5.74, 6) is 1.30. The Hall–Kier alpha value is -1.13. The van der Waals surface area contributed by atoms with E-state index in [4.69, 9.17) is 25.5 Å². The van der Waals surface area contributed by atoms with Crippen LogP contribution >= 0.6 is 27.5 Å². The van der Waals surface area contributed by atoms with Gasteiger partial charge in [0.05, 0.1) is 32.1 Å². The first-order valence-corrected chi connectivity index (χ1v) is 6.48. The van der Waals surface area contributed by atoms with Crippen molar-refractivity contribution in [3.63, 3.8) is 0 Å². The van der Waals surface area contributed by atoms with Gasteiger partial charge in [0.2, 0.25) is 0 Å². The van der Waals surface area contributed by atoms with E-state index in [-0.39, 0.29) is 5.38 Å². The van der Waals surface area contributed by atoms with Crippen LogP contribution in [0.5, 0.6) is 11.5 Å². The third-order valence-electron chi connectivity index (χ3n) is 2.61. The Labute approximate surface area is 119 Å².